The van der Waals surface area contributed by atoms with Gasteiger partial charge in [-0.15, -0.1) is 4.79 Å². The third-order valence-electron chi connectivity index (χ3n) is 3.21. The van der Waals surface area contributed by atoms with E-state index >= 15 is 0 Å². The lowest BCUT2D eigenvalue weighted by atomic mass is 10.2. The van der Waals surface area contributed by atoms with Gasteiger partial charge in [-0.1, -0.05) is 35.9 Å². The SMILES string of the molecule is Cc1ccc(S(=O)(=O)C(=[N+]=[N-])S(=O)(=O)c2ccccc2)c(C)c1. The molecule has 0 spiro atoms. The quantitative estimate of drug-likeness (QED) is 0.358. The molecule has 0 aliphatic heterocycles. The van der Waals surface area contributed by atoms with E-state index in [9.17, 15) is 16.8 Å². The lowest BCUT2D eigenvalue weighted by molar-refractivity contribution is 0.00380. The van der Waals surface area contributed by atoms with Crippen molar-refractivity contribution in [3.05, 3.63) is 65.2 Å². The highest BCUT2D eigenvalue weighted by atomic mass is 32.3. The van der Waals surface area contributed by atoms with Crippen molar-refractivity contribution in [2.75, 3.05) is 0 Å². The first-order valence-corrected chi connectivity index (χ1v) is 9.52. The summed E-state index contributed by atoms with van der Waals surface area (Å²) in [6, 6.07) is 11.4. The van der Waals surface area contributed by atoms with Crippen LogP contribution in [0.15, 0.2) is 58.3 Å². The van der Waals surface area contributed by atoms with E-state index in [2.05, 4.69) is 4.79 Å². The van der Waals surface area contributed by atoms with Gasteiger partial charge in [0.15, 0.2) is 0 Å². The predicted octanol–water partition coefficient (Wildman–Crippen LogP) is 2.14. The van der Waals surface area contributed by atoms with E-state index in [0.717, 1.165) is 5.56 Å². The fourth-order valence-electron chi connectivity index (χ4n) is 2.15. The van der Waals surface area contributed by atoms with E-state index in [4.69, 9.17) is 5.53 Å². The van der Waals surface area contributed by atoms with Gasteiger partial charge in [0.25, 0.3) is 19.7 Å². The molecule has 0 aliphatic rings. The third-order valence-corrected chi connectivity index (χ3v) is 7.54. The van der Waals surface area contributed by atoms with Gasteiger partial charge in [-0.25, -0.2) is 16.8 Å². The zero-order valence-corrected chi connectivity index (χ0v) is 14.1. The number of hydrogen-bond acceptors (Lipinski definition) is 4. The Kier molecular flexibility index (Phi) is 4.51. The maximum Gasteiger partial charge on any atom is 0.504 e. The largest absolute Gasteiger partial charge is 0.504 e. The number of hydrogen-bond donors (Lipinski definition) is 0. The molecular weight excluding hydrogens is 336 g/mol. The van der Waals surface area contributed by atoms with Crippen molar-refractivity contribution in [1.29, 1.82) is 0 Å². The Hall–Kier alpha value is -2.28. The number of rotatable bonds is 2. The number of nitrogens with zero attached hydrogens (tertiary/aromatic N) is 2. The Morgan fingerprint density at radius 2 is 1.52 bits per heavy atom. The zero-order valence-electron chi connectivity index (χ0n) is 12.5. The molecule has 2 aromatic rings. The van der Waals surface area contributed by atoms with E-state index in [1.165, 1.54) is 30.3 Å². The van der Waals surface area contributed by atoms with Crippen molar-refractivity contribution in [2.24, 2.45) is 0 Å². The first-order valence-electron chi connectivity index (χ1n) is 6.56. The van der Waals surface area contributed by atoms with Crippen molar-refractivity contribution < 1.29 is 21.6 Å². The summed E-state index contributed by atoms with van der Waals surface area (Å²) in [5.41, 5.74) is 10.3. The molecule has 0 fully saturated rings. The standard InChI is InChI=1S/C15H14N2O4S2/c1-11-8-9-14(12(2)10-11)23(20,21)15(17-16)22(18,19)13-6-4-3-5-7-13/h3-10H,1-2H3. The van der Waals surface area contributed by atoms with Crippen LogP contribution in [-0.4, -0.2) is 26.0 Å². The summed E-state index contributed by atoms with van der Waals surface area (Å²) in [6.45, 7) is 3.33. The second kappa shape index (κ2) is 6.08. The molecule has 0 N–H and O–H groups in total. The maximum atomic E-state index is 12.6. The molecule has 2 rings (SSSR count). The van der Waals surface area contributed by atoms with E-state index in [0.29, 0.717) is 5.56 Å². The van der Waals surface area contributed by atoms with E-state index in [1.807, 2.05) is 0 Å². The van der Waals surface area contributed by atoms with Crippen LogP contribution < -0.4 is 0 Å². The summed E-state index contributed by atoms with van der Waals surface area (Å²) in [6.07, 6.45) is 0. The first kappa shape index (κ1) is 17.1. The minimum atomic E-state index is -4.49. The van der Waals surface area contributed by atoms with Crippen LogP contribution in [0, 0.1) is 13.8 Å². The molecule has 2 aromatic carbocycles. The Bertz CT molecular complexity index is 1000. The van der Waals surface area contributed by atoms with Gasteiger partial charge < -0.3 is 5.53 Å². The smallest absolute Gasteiger partial charge is 0.359 e. The molecule has 0 aliphatic carbocycles. The van der Waals surface area contributed by atoms with E-state index in [1.54, 1.807) is 32.0 Å². The average Bonchev–Trinajstić information content (AvgIpc) is 2.47. The Labute approximate surface area is 134 Å². The third kappa shape index (κ3) is 3.10. The van der Waals surface area contributed by atoms with Crippen LogP contribution in [0.5, 0.6) is 0 Å². The fraction of sp³-hybridized carbons (Fsp3) is 0.133. The average molecular weight is 350 g/mol. The molecule has 120 valence electrons. The Morgan fingerprint density at radius 1 is 0.913 bits per heavy atom. The minimum absolute atomic E-state index is 0.213. The molecule has 8 heteroatoms. The lowest BCUT2D eigenvalue weighted by Gasteiger charge is -2.06. The Balaban J connectivity index is 2.69. The normalized spacial score (nSPS) is 11.7. The summed E-state index contributed by atoms with van der Waals surface area (Å²) >= 11 is 0. The van der Waals surface area contributed by atoms with Gasteiger partial charge in [-0.3, -0.25) is 0 Å². The van der Waals surface area contributed by atoms with Crippen molar-refractivity contribution in [3.63, 3.8) is 0 Å². The number of sulfone groups is 2. The lowest BCUT2D eigenvalue weighted by Crippen LogP contribution is -2.26. The van der Waals surface area contributed by atoms with Crippen LogP contribution in [0.2, 0.25) is 0 Å². The van der Waals surface area contributed by atoms with Crippen LogP contribution in [-0.2, 0) is 19.7 Å². The fourth-order valence-corrected chi connectivity index (χ4v) is 5.71. The molecule has 0 atom stereocenters. The van der Waals surface area contributed by atoms with Crippen LogP contribution in [0.4, 0.5) is 0 Å². The number of aryl methyl sites for hydroxylation is 2. The van der Waals surface area contributed by atoms with Crippen molar-refractivity contribution >= 4 is 24.1 Å². The molecule has 6 nitrogen and oxygen atoms in total. The molecule has 0 radical (unpaired) electrons. The summed E-state index contributed by atoms with van der Waals surface area (Å²) in [5, 5.41) is 0. The summed E-state index contributed by atoms with van der Waals surface area (Å²) < 4.78 is 49.0. The van der Waals surface area contributed by atoms with E-state index in [-0.39, 0.29) is 9.79 Å². The van der Waals surface area contributed by atoms with Crippen LogP contribution >= 0.6 is 0 Å². The molecule has 0 amide bonds. The molecule has 0 heterocycles. The summed E-state index contributed by atoms with van der Waals surface area (Å²) in [7, 11) is -8.96. The van der Waals surface area contributed by atoms with E-state index < -0.39 is 24.1 Å². The monoisotopic (exact) mass is 350 g/mol. The molecule has 23 heavy (non-hydrogen) atoms. The zero-order chi connectivity index (χ0) is 17.3. The van der Waals surface area contributed by atoms with Gasteiger partial charge in [0.1, 0.15) is 0 Å². The van der Waals surface area contributed by atoms with Gasteiger partial charge in [0.2, 0.25) is 0 Å². The minimum Gasteiger partial charge on any atom is -0.359 e. The highest BCUT2D eigenvalue weighted by molar-refractivity contribution is 8.31. The topological polar surface area (TPSA) is 105 Å². The molecule has 0 bridgehead atoms. The van der Waals surface area contributed by atoms with Gasteiger partial charge in [0, 0.05) is 0 Å². The van der Waals surface area contributed by atoms with Gasteiger partial charge in [-0.05, 0) is 37.6 Å². The molecule has 0 aromatic heterocycles. The Morgan fingerprint density at radius 3 is 2.04 bits per heavy atom. The highest BCUT2D eigenvalue weighted by Crippen LogP contribution is 2.23. The van der Waals surface area contributed by atoms with Gasteiger partial charge >= 0.3 is 4.38 Å². The van der Waals surface area contributed by atoms with Crippen molar-refractivity contribution in [2.45, 2.75) is 23.6 Å². The number of benzene rings is 2. The van der Waals surface area contributed by atoms with Crippen molar-refractivity contribution in [3.8, 4) is 0 Å². The summed E-state index contributed by atoms with van der Waals surface area (Å²) in [4.78, 5) is 2.11. The van der Waals surface area contributed by atoms with Gasteiger partial charge in [-0.2, -0.15) is 0 Å². The molecule has 0 unspecified atom stereocenters. The van der Waals surface area contributed by atoms with Crippen LogP contribution in [0.3, 0.4) is 0 Å². The highest BCUT2D eigenvalue weighted by Gasteiger charge is 2.44. The van der Waals surface area contributed by atoms with Crippen LogP contribution in [0.25, 0.3) is 5.53 Å². The second-order valence-corrected chi connectivity index (χ2v) is 8.91. The maximum absolute atomic E-state index is 12.6. The van der Waals surface area contributed by atoms with Crippen LogP contribution in [0.1, 0.15) is 11.1 Å². The van der Waals surface area contributed by atoms with Gasteiger partial charge in [0.05, 0.1) is 9.79 Å². The second-order valence-electron chi connectivity index (χ2n) is 4.95. The molecule has 0 saturated heterocycles. The first-order chi connectivity index (χ1) is 10.7. The summed E-state index contributed by atoms with van der Waals surface area (Å²) in [5.74, 6) is 0. The molecule has 0 saturated carbocycles. The molecular formula is C15H14N2O4S2. The predicted molar refractivity (Wildman–Crippen MR) is 85.4 cm³/mol. The van der Waals surface area contributed by atoms with Crippen molar-refractivity contribution in [1.82, 2.24) is 0 Å².